The van der Waals surface area contributed by atoms with Crippen LogP contribution in [-0.2, 0) is 11.2 Å². The van der Waals surface area contributed by atoms with Gasteiger partial charge in [-0.2, -0.15) is 0 Å². The van der Waals surface area contributed by atoms with Gasteiger partial charge in [0.15, 0.2) is 0 Å². The highest BCUT2D eigenvalue weighted by Gasteiger charge is 2.24. The van der Waals surface area contributed by atoms with E-state index < -0.39 is 0 Å². The fourth-order valence-electron chi connectivity index (χ4n) is 2.57. The molecule has 0 heterocycles. The zero-order chi connectivity index (χ0) is 12.8. The first-order valence-electron chi connectivity index (χ1n) is 6.92. The molecule has 0 saturated carbocycles. The lowest BCUT2D eigenvalue weighted by Crippen LogP contribution is -2.18. The highest BCUT2D eigenvalue weighted by Crippen LogP contribution is 2.36. The van der Waals surface area contributed by atoms with Gasteiger partial charge < -0.3 is 14.8 Å². The zero-order valence-corrected chi connectivity index (χ0v) is 11.4. The summed E-state index contributed by atoms with van der Waals surface area (Å²) >= 11 is 0. The van der Waals surface area contributed by atoms with Crippen LogP contribution in [0.2, 0.25) is 0 Å². The molecule has 18 heavy (non-hydrogen) atoms. The Morgan fingerprint density at radius 1 is 1.28 bits per heavy atom. The van der Waals surface area contributed by atoms with Crippen molar-refractivity contribution in [1.82, 2.24) is 5.32 Å². The summed E-state index contributed by atoms with van der Waals surface area (Å²) in [5.41, 5.74) is 2.78. The van der Waals surface area contributed by atoms with Crippen molar-refractivity contribution in [3.05, 3.63) is 29.3 Å². The van der Waals surface area contributed by atoms with Crippen molar-refractivity contribution in [1.29, 1.82) is 0 Å². The highest BCUT2D eigenvalue weighted by atomic mass is 16.5. The van der Waals surface area contributed by atoms with Gasteiger partial charge in [-0.15, -0.1) is 0 Å². The molecule has 0 aromatic heterocycles. The van der Waals surface area contributed by atoms with E-state index in [1.54, 1.807) is 0 Å². The molecule has 1 unspecified atom stereocenters. The Bertz CT molecular complexity index is 379. The molecule has 100 valence electrons. The second kappa shape index (κ2) is 6.76. The summed E-state index contributed by atoms with van der Waals surface area (Å²) < 4.78 is 11.1. The van der Waals surface area contributed by atoms with Crippen LogP contribution < -0.4 is 10.1 Å². The Balaban J connectivity index is 2.00. The average Bonchev–Trinajstić information content (AvgIpc) is 2.79. The molecule has 3 nitrogen and oxygen atoms in total. The van der Waals surface area contributed by atoms with Crippen molar-refractivity contribution in [2.45, 2.75) is 32.7 Å². The summed E-state index contributed by atoms with van der Waals surface area (Å²) in [5, 5.41) is 3.52. The van der Waals surface area contributed by atoms with Gasteiger partial charge in [0.1, 0.15) is 12.4 Å². The van der Waals surface area contributed by atoms with Gasteiger partial charge in [0.2, 0.25) is 0 Å². The molecule has 3 heteroatoms. The molecule has 0 spiro atoms. The molecule has 1 aliphatic rings. The van der Waals surface area contributed by atoms with Crippen molar-refractivity contribution in [2.24, 2.45) is 0 Å². The summed E-state index contributed by atoms with van der Waals surface area (Å²) in [7, 11) is 0. The molecule has 0 bridgehead atoms. The number of benzene rings is 1. The van der Waals surface area contributed by atoms with E-state index >= 15 is 0 Å². The van der Waals surface area contributed by atoms with Crippen LogP contribution in [0.3, 0.4) is 0 Å². The van der Waals surface area contributed by atoms with Crippen LogP contribution in [0.4, 0.5) is 0 Å². The van der Waals surface area contributed by atoms with Crippen molar-refractivity contribution in [2.75, 3.05) is 26.4 Å². The molecule has 1 N–H and O–H groups in total. The van der Waals surface area contributed by atoms with E-state index in [0.717, 1.165) is 25.3 Å². The molecule has 1 aliphatic carbocycles. The Morgan fingerprint density at radius 3 is 2.94 bits per heavy atom. The highest BCUT2D eigenvalue weighted by molar-refractivity contribution is 5.45. The van der Waals surface area contributed by atoms with Gasteiger partial charge >= 0.3 is 0 Å². The molecule has 0 saturated heterocycles. The largest absolute Gasteiger partial charge is 0.491 e. The number of rotatable bonds is 7. The van der Waals surface area contributed by atoms with E-state index in [4.69, 9.17) is 9.47 Å². The van der Waals surface area contributed by atoms with Gasteiger partial charge in [-0.05, 0) is 43.5 Å². The fourth-order valence-corrected chi connectivity index (χ4v) is 2.57. The van der Waals surface area contributed by atoms with Crippen LogP contribution in [0.15, 0.2) is 18.2 Å². The van der Waals surface area contributed by atoms with E-state index in [1.165, 1.54) is 17.5 Å². The lowest BCUT2D eigenvalue weighted by atomic mass is 10.1. The van der Waals surface area contributed by atoms with Gasteiger partial charge in [-0.1, -0.05) is 19.1 Å². The number of hydrogen-bond acceptors (Lipinski definition) is 3. The predicted octanol–water partition coefficient (Wildman–Crippen LogP) is 2.70. The van der Waals surface area contributed by atoms with Crippen molar-refractivity contribution in [3.63, 3.8) is 0 Å². The monoisotopic (exact) mass is 249 g/mol. The zero-order valence-electron chi connectivity index (χ0n) is 11.4. The van der Waals surface area contributed by atoms with Crippen LogP contribution in [0.25, 0.3) is 0 Å². The van der Waals surface area contributed by atoms with E-state index in [2.05, 4.69) is 30.4 Å². The number of nitrogens with one attached hydrogen (secondary N) is 1. The average molecular weight is 249 g/mol. The van der Waals surface area contributed by atoms with Gasteiger partial charge in [0.25, 0.3) is 0 Å². The minimum atomic E-state index is 0.500. The Morgan fingerprint density at radius 2 is 2.17 bits per heavy atom. The molecule has 0 radical (unpaired) electrons. The van der Waals surface area contributed by atoms with Crippen molar-refractivity contribution >= 4 is 0 Å². The summed E-state index contributed by atoms with van der Waals surface area (Å²) in [6.45, 7) is 7.22. The molecule has 0 aliphatic heterocycles. The SMILES string of the molecule is CCNC1CCc2c(OCCOCC)cccc21. The fraction of sp³-hybridized carbons (Fsp3) is 0.600. The van der Waals surface area contributed by atoms with E-state index in [9.17, 15) is 0 Å². The first kappa shape index (κ1) is 13.4. The minimum Gasteiger partial charge on any atom is -0.491 e. The summed E-state index contributed by atoms with van der Waals surface area (Å²) in [6, 6.07) is 6.87. The van der Waals surface area contributed by atoms with Crippen LogP contribution in [0.5, 0.6) is 5.75 Å². The quantitative estimate of drug-likeness (QED) is 0.754. The van der Waals surface area contributed by atoms with E-state index in [0.29, 0.717) is 19.3 Å². The van der Waals surface area contributed by atoms with Gasteiger partial charge in [-0.3, -0.25) is 0 Å². The minimum absolute atomic E-state index is 0.500. The number of hydrogen-bond donors (Lipinski definition) is 1. The maximum atomic E-state index is 5.82. The van der Waals surface area contributed by atoms with Gasteiger partial charge in [0.05, 0.1) is 6.61 Å². The Kier molecular flexibility index (Phi) is 5.02. The molecule has 1 aromatic carbocycles. The van der Waals surface area contributed by atoms with Crippen LogP contribution in [-0.4, -0.2) is 26.4 Å². The second-order valence-corrected chi connectivity index (χ2v) is 4.52. The van der Waals surface area contributed by atoms with Crippen molar-refractivity contribution < 1.29 is 9.47 Å². The molecule has 0 fully saturated rings. The smallest absolute Gasteiger partial charge is 0.122 e. The van der Waals surface area contributed by atoms with Crippen molar-refractivity contribution in [3.8, 4) is 5.75 Å². The number of fused-ring (bicyclic) bond motifs is 1. The third-order valence-electron chi connectivity index (χ3n) is 3.37. The standard InChI is InChI=1S/C15H23NO2/c1-3-16-14-9-8-13-12(14)6-5-7-15(13)18-11-10-17-4-2/h5-7,14,16H,3-4,8-11H2,1-2H3. The molecule has 1 aromatic rings. The molecular formula is C15H23NO2. The first-order chi connectivity index (χ1) is 8.86. The molecule has 2 rings (SSSR count). The molecule has 1 atom stereocenters. The number of ether oxygens (including phenoxy) is 2. The maximum absolute atomic E-state index is 5.82. The second-order valence-electron chi connectivity index (χ2n) is 4.52. The van der Waals surface area contributed by atoms with Gasteiger partial charge in [0, 0.05) is 12.6 Å². The first-order valence-corrected chi connectivity index (χ1v) is 6.92. The van der Waals surface area contributed by atoms with Crippen LogP contribution in [0, 0.1) is 0 Å². The molecular weight excluding hydrogens is 226 g/mol. The van der Waals surface area contributed by atoms with Gasteiger partial charge in [-0.25, -0.2) is 0 Å². The third-order valence-corrected chi connectivity index (χ3v) is 3.37. The lowest BCUT2D eigenvalue weighted by Gasteiger charge is -2.14. The Hall–Kier alpha value is -1.06. The lowest BCUT2D eigenvalue weighted by molar-refractivity contribution is 0.110. The summed E-state index contributed by atoms with van der Waals surface area (Å²) in [4.78, 5) is 0. The molecule has 0 amide bonds. The third kappa shape index (κ3) is 3.03. The normalized spacial score (nSPS) is 17.8. The summed E-state index contributed by atoms with van der Waals surface area (Å²) in [6.07, 6.45) is 2.28. The van der Waals surface area contributed by atoms with E-state index in [1.807, 2.05) is 6.92 Å². The predicted molar refractivity (Wildman–Crippen MR) is 73.2 cm³/mol. The van der Waals surface area contributed by atoms with Crippen LogP contribution >= 0.6 is 0 Å². The topological polar surface area (TPSA) is 30.5 Å². The van der Waals surface area contributed by atoms with Crippen LogP contribution in [0.1, 0.15) is 37.4 Å². The Labute approximate surface area is 109 Å². The maximum Gasteiger partial charge on any atom is 0.122 e. The summed E-state index contributed by atoms with van der Waals surface area (Å²) in [5.74, 6) is 1.03. The van der Waals surface area contributed by atoms with E-state index in [-0.39, 0.29) is 0 Å².